The number of rotatable bonds is 8. The third-order valence-corrected chi connectivity index (χ3v) is 2.98. The van der Waals surface area contributed by atoms with Gasteiger partial charge in [0.1, 0.15) is 17.5 Å². The summed E-state index contributed by atoms with van der Waals surface area (Å²) in [6.07, 6.45) is 2.22. The van der Waals surface area contributed by atoms with Crippen LogP contribution in [-0.4, -0.2) is 41.8 Å². The number of hydrogen-bond acceptors (Lipinski definition) is 5. The molecular weight excluding hydrogens is 240 g/mol. The van der Waals surface area contributed by atoms with Crippen molar-refractivity contribution in [2.45, 2.75) is 39.5 Å². The molecule has 108 valence electrons. The molecule has 1 heterocycles. The summed E-state index contributed by atoms with van der Waals surface area (Å²) >= 11 is 0. The Kier molecular flexibility index (Phi) is 6.56. The Morgan fingerprint density at radius 1 is 1.32 bits per heavy atom. The first-order chi connectivity index (χ1) is 9.12. The van der Waals surface area contributed by atoms with E-state index in [1.165, 1.54) is 0 Å². The van der Waals surface area contributed by atoms with Crippen LogP contribution in [0.15, 0.2) is 6.07 Å². The molecule has 0 saturated heterocycles. The fourth-order valence-corrected chi connectivity index (χ4v) is 1.81. The number of aliphatic hydroxyl groups is 1. The smallest absolute Gasteiger partial charge is 0.135 e. The van der Waals surface area contributed by atoms with Crippen LogP contribution in [0.3, 0.4) is 0 Å². The van der Waals surface area contributed by atoms with Crippen molar-refractivity contribution >= 4 is 11.6 Å². The highest BCUT2D eigenvalue weighted by atomic mass is 16.3. The van der Waals surface area contributed by atoms with Gasteiger partial charge in [-0.05, 0) is 6.42 Å². The fourth-order valence-electron chi connectivity index (χ4n) is 1.81. The summed E-state index contributed by atoms with van der Waals surface area (Å²) in [5.74, 6) is 2.84. The molecule has 1 rings (SSSR count). The minimum absolute atomic E-state index is 0.139. The van der Waals surface area contributed by atoms with Gasteiger partial charge in [0.15, 0.2) is 0 Å². The van der Waals surface area contributed by atoms with Crippen molar-refractivity contribution in [1.29, 1.82) is 0 Å². The van der Waals surface area contributed by atoms with Gasteiger partial charge < -0.3 is 15.3 Å². The van der Waals surface area contributed by atoms with E-state index in [1.807, 2.05) is 13.1 Å². The molecule has 0 spiro atoms. The summed E-state index contributed by atoms with van der Waals surface area (Å²) in [6.45, 7) is 7.99. The van der Waals surface area contributed by atoms with Crippen molar-refractivity contribution in [3.63, 3.8) is 0 Å². The van der Waals surface area contributed by atoms with Crippen LogP contribution in [0.2, 0.25) is 0 Å². The van der Waals surface area contributed by atoms with E-state index in [-0.39, 0.29) is 12.5 Å². The predicted octanol–water partition coefficient (Wildman–Crippen LogP) is 2.24. The van der Waals surface area contributed by atoms with Crippen molar-refractivity contribution in [3.05, 3.63) is 11.9 Å². The molecule has 0 atom stereocenters. The van der Waals surface area contributed by atoms with Crippen LogP contribution in [0, 0.1) is 0 Å². The number of aromatic nitrogens is 2. The average molecular weight is 266 g/mol. The Morgan fingerprint density at radius 3 is 2.58 bits per heavy atom. The van der Waals surface area contributed by atoms with Gasteiger partial charge in [0.05, 0.1) is 6.61 Å². The second-order valence-corrected chi connectivity index (χ2v) is 4.94. The molecule has 0 fully saturated rings. The van der Waals surface area contributed by atoms with E-state index >= 15 is 0 Å². The summed E-state index contributed by atoms with van der Waals surface area (Å²) < 4.78 is 0. The van der Waals surface area contributed by atoms with Gasteiger partial charge in [0, 0.05) is 32.1 Å². The third-order valence-electron chi connectivity index (χ3n) is 2.98. The summed E-state index contributed by atoms with van der Waals surface area (Å²) in [6, 6.07) is 1.94. The Balaban J connectivity index is 3.02. The number of nitrogens with one attached hydrogen (secondary N) is 1. The highest BCUT2D eigenvalue weighted by Crippen LogP contribution is 2.20. The lowest BCUT2D eigenvalue weighted by Gasteiger charge is -2.24. The monoisotopic (exact) mass is 266 g/mol. The maximum Gasteiger partial charge on any atom is 0.135 e. The van der Waals surface area contributed by atoms with Crippen molar-refractivity contribution < 1.29 is 5.11 Å². The lowest BCUT2D eigenvalue weighted by atomic mass is 10.2. The molecular formula is C14H26N4O. The predicted molar refractivity (Wildman–Crippen MR) is 79.9 cm³/mol. The minimum atomic E-state index is 0.139. The quantitative estimate of drug-likeness (QED) is 0.755. The molecule has 2 N–H and O–H groups in total. The van der Waals surface area contributed by atoms with Gasteiger partial charge in [-0.2, -0.15) is 0 Å². The molecule has 0 radical (unpaired) electrons. The zero-order chi connectivity index (χ0) is 14.3. The highest BCUT2D eigenvalue weighted by Gasteiger charge is 2.12. The molecule has 1 aromatic rings. The van der Waals surface area contributed by atoms with E-state index in [4.69, 9.17) is 0 Å². The van der Waals surface area contributed by atoms with Gasteiger partial charge in [0.25, 0.3) is 0 Å². The summed E-state index contributed by atoms with van der Waals surface area (Å²) in [5, 5.41) is 12.3. The van der Waals surface area contributed by atoms with Crippen molar-refractivity contribution in [1.82, 2.24) is 9.97 Å². The van der Waals surface area contributed by atoms with Gasteiger partial charge in [-0.1, -0.05) is 27.2 Å². The fraction of sp³-hybridized carbons (Fsp3) is 0.714. The Morgan fingerprint density at radius 2 is 2.05 bits per heavy atom. The van der Waals surface area contributed by atoms with E-state index in [1.54, 1.807) is 0 Å². The third kappa shape index (κ3) is 4.67. The van der Waals surface area contributed by atoms with E-state index in [0.29, 0.717) is 6.54 Å². The molecule has 0 aliphatic heterocycles. The molecule has 0 aliphatic rings. The zero-order valence-electron chi connectivity index (χ0n) is 12.5. The maximum atomic E-state index is 9.20. The molecule has 0 aliphatic carbocycles. The van der Waals surface area contributed by atoms with Crippen LogP contribution in [0.5, 0.6) is 0 Å². The maximum absolute atomic E-state index is 9.20. The normalized spacial score (nSPS) is 10.8. The molecule has 0 amide bonds. The number of hydrogen-bond donors (Lipinski definition) is 2. The van der Waals surface area contributed by atoms with Crippen molar-refractivity contribution in [2.75, 3.05) is 37.0 Å². The second-order valence-electron chi connectivity index (χ2n) is 4.94. The van der Waals surface area contributed by atoms with Crippen molar-refractivity contribution in [2.24, 2.45) is 0 Å². The minimum Gasteiger partial charge on any atom is -0.395 e. The second kappa shape index (κ2) is 7.94. The van der Waals surface area contributed by atoms with E-state index in [2.05, 4.69) is 41.0 Å². The summed E-state index contributed by atoms with van der Waals surface area (Å²) in [7, 11) is 1.86. The lowest BCUT2D eigenvalue weighted by molar-refractivity contribution is 0.301. The molecule has 19 heavy (non-hydrogen) atoms. The number of aliphatic hydroxyl groups excluding tert-OH is 1. The first-order valence-corrected chi connectivity index (χ1v) is 7.04. The Labute approximate surface area is 116 Å². The van der Waals surface area contributed by atoms with Gasteiger partial charge >= 0.3 is 0 Å². The first-order valence-electron chi connectivity index (χ1n) is 7.04. The number of anilines is 2. The van der Waals surface area contributed by atoms with Crippen LogP contribution < -0.4 is 10.2 Å². The number of nitrogens with zero attached hydrogens (tertiary/aromatic N) is 3. The standard InChI is InChI=1S/C14H26N4O/c1-5-6-7-18(8-9-19)13-10-12(15-4)16-14(17-13)11(2)3/h10-11,19H,5-9H2,1-4H3,(H,15,16,17). The SMILES string of the molecule is CCCCN(CCO)c1cc(NC)nc(C(C)C)n1. The molecule has 0 aromatic carbocycles. The van der Waals surface area contributed by atoms with Crippen LogP contribution in [0.25, 0.3) is 0 Å². The van der Waals surface area contributed by atoms with Gasteiger partial charge in [0.2, 0.25) is 0 Å². The van der Waals surface area contributed by atoms with E-state index in [0.717, 1.165) is 36.8 Å². The molecule has 0 bridgehead atoms. The molecule has 0 unspecified atom stereocenters. The van der Waals surface area contributed by atoms with Crippen molar-refractivity contribution in [3.8, 4) is 0 Å². The lowest BCUT2D eigenvalue weighted by Crippen LogP contribution is -2.29. The summed E-state index contributed by atoms with van der Waals surface area (Å²) in [5.41, 5.74) is 0. The zero-order valence-corrected chi connectivity index (χ0v) is 12.5. The van der Waals surface area contributed by atoms with E-state index < -0.39 is 0 Å². The van der Waals surface area contributed by atoms with Gasteiger partial charge in [-0.25, -0.2) is 9.97 Å². The highest BCUT2D eigenvalue weighted by molar-refractivity contribution is 5.49. The van der Waals surface area contributed by atoms with Crippen LogP contribution in [0.4, 0.5) is 11.6 Å². The van der Waals surface area contributed by atoms with Crippen LogP contribution in [0.1, 0.15) is 45.4 Å². The van der Waals surface area contributed by atoms with E-state index in [9.17, 15) is 5.11 Å². The van der Waals surface area contributed by atoms with Crippen LogP contribution in [-0.2, 0) is 0 Å². The molecule has 0 saturated carbocycles. The first kappa shape index (κ1) is 15.7. The van der Waals surface area contributed by atoms with Gasteiger partial charge in [-0.15, -0.1) is 0 Å². The average Bonchev–Trinajstić information content (AvgIpc) is 2.42. The summed E-state index contributed by atoms with van der Waals surface area (Å²) in [4.78, 5) is 11.2. The molecule has 5 nitrogen and oxygen atoms in total. The van der Waals surface area contributed by atoms with Crippen LogP contribution >= 0.6 is 0 Å². The Bertz CT molecular complexity index is 382. The molecule has 1 aromatic heterocycles. The topological polar surface area (TPSA) is 61.3 Å². The number of unbranched alkanes of at least 4 members (excludes halogenated alkanes) is 1. The largest absolute Gasteiger partial charge is 0.395 e. The van der Waals surface area contributed by atoms with Gasteiger partial charge in [-0.3, -0.25) is 0 Å². The Hall–Kier alpha value is -1.36. The molecule has 5 heteroatoms.